The predicted molar refractivity (Wildman–Crippen MR) is 121 cm³/mol. The highest BCUT2D eigenvalue weighted by Gasteiger charge is 2.46. The normalized spacial score (nSPS) is 15.6. The van der Waals surface area contributed by atoms with Crippen molar-refractivity contribution in [3.63, 3.8) is 0 Å². The summed E-state index contributed by atoms with van der Waals surface area (Å²) in [7, 11) is 0. The molecule has 1 aliphatic heterocycles. The summed E-state index contributed by atoms with van der Waals surface area (Å²) >= 11 is 5.90. The molecule has 2 aromatic carbocycles. The SMILES string of the molecule is C=CCN1C(=O)N(c2ccc(Cl)cc2)C(=O)[C@H]1CC(=O)Nc1ccc(C(=O)OCC)cc1. The van der Waals surface area contributed by atoms with Crippen molar-refractivity contribution in [3.05, 3.63) is 71.8 Å². The van der Waals surface area contributed by atoms with E-state index in [-0.39, 0.29) is 19.6 Å². The number of benzene rings is 2. The summed E-state index contributed by atoms with van der Waals surface area (Å²) in [6.45, 7) is 5.72. The Balaban J connectivity index is 1.72. The van der Waals surface area contributed by atoms with Crippen LogP contribution >= 0.6 is 11.6 Å². The molecule has 0 unspecified atom stereocenters. The molecule has 1 fully saturated rings. The van der Waals surface area contributed by atoms with E-state index >= 15 is 0 Å². The number of carbonyl (C=O) groups is 4. The molecule has 1 saturated heterocycles. The van der Waals surface area contributed by atoms with Crippen molar-refractivity contribution in [1.29, 1.82) is 0 Å². The minimum Gasteiger partial charge on any atom is -0.462 e. The van der Waals surface area contributed by atoms with Crippen LogP contribution in [0.15, 0.2) is 61.2 Å². The zero-order valence-corrected chi connectivity index (χ0v) is 18.2. The summed E-state index contributed by atoms with van der Waals surface area (Å²) < 4.78 is 4.93. The fourth-order valence-corrected chi connectivity index (χ4v) is 3.43. The maximum Gasteiger partial charge on any atom is 0.338 e. The number of ether oxygens (including phenoxy) is 1. The molecule has 1 atom stereocenters. The minimum atomic E-state index is -0.977. The standard InChI is InChI=1S/C23H22ClN3O5/c1-3-13-26-19(21(29)27(23(26)31)18-11-7-16(24)8-12-18)14-20(28)25-17-9-5-15(6-10-17)22(30)32-4-2/h3,5-12,19H,1,4,13-14H2,2H3,(H,25,28)/t19-/m1/s1. The van der Waals surface area contributed by atoms with Crippen molar-refractivity contribution in [1.82, 2.24) is 4.90 Å². The number of hydrogen-bond donors (Lipinski definition) is 1. The van der Waals surface area contributed by atoms with Gasteiger partial charge in [0.2, 0.25) is 5.91 Å². The number of anilines is 2. The molecule has 1 aliphatic rings. The largest absolute Gasteiger partial charge is 0.462 e. The second-order valence-electron chi connectivity index (χ2n) is 6.94. The van der Waals surface area contributed by atoms with E-state index in [0.717, 1.165) is 4.90 Å². The number of rotatable bonds is 8. The van der Waals surface area contributed by atoms with Crippen LogP contribution in [-0.4, -0.2) is 47.9 Å². The van der Waals surface area contributed by atoms with Crippen LogP contribution in [0.3, 0.4) is 0 Å². The number of nitrogens with zero attached hydrogens (tertiary/aromatic N) is 2. The maximum absolute atomic E-state index is 13.0. The van der Waals surface area contributed by atoms with Gasteiger partial charge in [-0.05, 0) is 55.5 Å². The van der Waals surface area contributed by atoms with Crippen LogP contribution in [0.1, 0.15) is 23.7 Å². The Bertz CT molecular complexity index is 1040. The number of amides is 4. The first-order valence-corrected chi connectivity index (χ1v) is 10.3. The number of imide groups is 1. The molecule has 166 valence electrons. The van der Waals surface area contributed by atoms with Gasteiger partial charge in [0.05, 0.1) is 24.3 Å². The summed E-state index contributed by atoms with van der Waals surface area (Å²) in [6, 6.07) is 11.0. The van der Waals surface area contributed by atoms with Gasteiger partial charge in [0, 0.05) is 17.3 Å². The molecule has 2 aromatic rings. The highest BCUT2D eigenvalue weighted by atomic mass is 35.5. The molecule has 32 heavy (non-hydrogen) atoms. The van der Waals surface area contributed by atoms with Crippen molar-refractivity contribution >= 4 is 46.8 Å². The van der Waals surface area contributed by atoms with E-state index in [1.54, 1.807) is 43.3 Å². The van der Waals surface area contributed by atoms with E-state index in [1.807, 2.05) is 0 Å². The molecule has 0 saturated carbocycles. The number of hydrogen-bond acceptors (Lipinski definition) is 5. The monoisotopic (exact) mass is 455 g/mol. The lowest BCUT2D eigenvalue weighted by Gasteiger charge is -2.19. The third kappa shape index (κ3) is 4.97. The molecule has 0 radical (unpaired) electrons. The molecule has 1 N–H and O–H groups in total. The first-order chi connectivity index (χ1) is 15.3. The summed E-state index contributed by atoms with van der Waals surface area (Å²) in [5.41, 5.74) is 1.18. The van der Waals surface area contributed by atoms with Crippen LogP contribution in [0.25, 0.3) is 0 Å². The highest BCUT2D eigenvalue weighted by molar-refractivity contribution is 6.30. The van der Waals surface area contributed by atoms with Gasteiger partial charge in [0.1, 0.15) is 6.04 Å². The van der Waals surface area contributed by atoms with Crippen LogP contribution in [0.2, 0.25) is 5.02 Å². The maximum atomic E-state index is 13.0. The Morgan fingerprint density at radius 3 is 2.38 bits per heavy atom. The number of esters is 1. The first kappa shape index (κ1) is 23.0. The van der Waals surface area contributed by atoms with Crippen molar-refractivity contribution in [2.45, 2.75) is 19.4 Å². The van der Waals surface area contributed by atoms with E-state index in [0.29, 0.717) is 22.0 Å². The molecule has 0 bridgehead atoms. The fourth-order valence-electron chi connectivity index (χ4n) is 3.30. The van der Waals surface area contributed by atoms with E-state index in [2.05, 4.69) is 11.9 Å². The molecule has 3 rings (SSSR count). The molecule has 0 aromatic heterocycles. The Kier molecular flexibility index (Phi) is 7.27. The Labute approximate surface area is 190 Å². The molecule has 0 spiro atoms. The molecule has 1 heterocycles. The number of carbonyl (C=O) groups excluding carboxylic acids is 4. The smallest absolute Gasteiger partial charge is 0.338 e. The number of urea groups is 1. The van der Waals surface area contributed by atoms with Gasteiger partial charge in [-0.2, -0.15) is 0 Å². The lowest BCUT2D eigenvalue weighted by molar-refractivity contribution is -0.124. The Morgan fingerprint density at radius 2 is 1.78 bits per heavy atom. The lowest BCUT2D eigenvalue weighted by atomic mass is 10.1. The average molecular weight is 456 g/mol. The van der Waals surface area contributed by atoms with Crippen molar-refractivity contribution in [2.75, 3.05) is 23.4 Å². The van der Waals surface area contributed by atoms with Gasteiger partial charge in [-0.15, -0.1) is 6.58 Å². The second kappa shape index (κ2) is 10.1. The van der Waals surface area contributed by atoms with Crippen molar-refractivity contribution < 1.29 is 23.9 Å². The van der Waals surface area contributed by atoms with Gasteiger partial charge in [-0.1, -0.05) is 17.7 Å². The van der Waals surface area contributed by atoms with Crippen LogP contribution in [0.4, 0.5) is 16.2 Å². The van der Waals surface area contributed by atoms with Crippen molar-refractivity contribution in [2.24, 2.45) is 0 Å². The second-order valence-corrected chi connectivity index (χ2v) is 7.38. The first-order valence-electron chi connectivity index (χ1n) is 9.93. The lowest BCUT2D eigenvalue weighted by Crippen LogP contribution is -2.38. The highest BCUT2D eigenvalue weighted by Crippen LogP contribution is 2.28. The third-order valence-corrected chi connectivity index (χ3v) is 5.04. The van der Waals surface area contributed by atoms with Crippen LogP contribution in [0.5, 0.6) is 0 Å². The summed E-state index contributed by atoms with van der Waals surface area (Å²) in [6.07, 6.45) is 1.26. The van der Waals surface area contributed by atoms with Gasteiger partial charge in [-0.25, -0.2) is 14.5 Å². The summed E-state index contributed by atoms with van der Waals surface area (Å²) in [5.74, 6) is -1.41. The Morgan fingerprint density at radius 1 is 1.12 bits per heavy atom. The number of halogens is 1. The van der Waals surface area contributed by atoms with E-state index in [1.165, 1.54) is 23.1 Å². The number of nitrogens with one attached hydrogen (secondary N) is 1. The van der Waals surface area contributed by atoms with E-state index in [9.17, 15) is 19.2 Å². The molecular weight excluding hydrogens is 434 g/mol. The average Bonchev–Trinajstić information content (AvgIpc) is 2.99. The zero-order chi connectivity index (χ0) is 23.3. The topological polar surface area (TPSA) is 96.0 Å². The molecular formula is C23H22ClN3O5. The fraction of sp³-hybridized carbons (Fsp3) is 0.217. The van der Waals surface area contributed by atoms with Gasteiger partial charge in [0.25, 0.3) is 5.91 Å². The van der Waals surface area contributed by atoms with Crippen LogP contribution < -0.4 is 10.2 Å². The molecule has 9 heteroatoms. The van der Waals surface area contributed by atoms with Crippen LogP contribution in [-0.2, 0) is 14.3 Å². The van der Waals surface area contributed by atoms with E-state index < -0.39 is 29.9 Å². The predicted octanol–water partition coefficient (Wildman–Crippen LogP) is 3.87. The molecule has 8 nitrogen and oxygen atoms in total. The summed E-state index contributed by atoms with van der Waals surface area (Å²) in [5, 5.41) is 3.16. The van der Waals surface area contributed by atoms with E-state index in [4.69, 9.17) is 16.3 Å². The minimum absolute atomic E-state index is 0.112. The molecule has 4 amide bonds. The summed E-state index contributed by atoms with van der Waals surface area (Å²) in [4.78, 5) is 52.6. The van der Waals surface area contributed by atoms with Gasteiger partial charge in [-0.3, -0.25) is 9.59 Å². The van der Waals surface area contributed by atoms with Crippen molar-refractivity contribution in [3.8, 4) is 0 Å². The van der Waals surface area contributed by atoms with Gasteiger partial charge < -0.3 is 15.0 Å². The Hall–Kier alpha value is -3.65. The van der Waals surface area contributed by atoms with Gasteiger partial charge >= 0.3 is 12.0 Å². The van der Waals surface area contributed by atoms with Gasteiger partial charge in [0.15, 0.2) is 0 Å². The molecule has 0 aliphatic carbocycles. The third-order valence-electron chi connectivity index (χ3n) is 4.79. The zero-order valence-electron chi connectivity index (χ0n) is 17.4. The quantitative estimate of drug-likeness (QED) is 0.370. The van der Waals surface area contributed by atoms with Crippen LogP contribution in [0, 0.1) is 0 Å².